The van der Waals surface area contributed by atoms with E-state index in [1.807, 2.05) is 24.3 Å². The lowest BCUT2D eigenvalue weighted by Gasteiger charge is -2.02. The molecule has 0 saturated carbocycles. The molecule has 0 atom stereocenters. The number of aromatic nitrogens is 2. The van der Waals surface area contributed by atoms with Gasteiger partial charge in [-0.2, -0.15) is 0 Å². The van der Waals surface area contributed by atoms with Gasteiger partial charge in [0.25, 0.3) is 0 Å². The number of carbonyl (C=O) groups excluding carboxylic acids is 1. The monoisotopic (exact) mass is 309 g/mol. The first-order valence-corrected chi connectivity index (χ1v) is 6.99. The number of imidazole rings is 1. The molecule has 1 aromatic heterocycles. The van der Waals surface area contributed by atoms with E-state index < -0.39 is 0 Å². The topological polar surface area (TPSA) is 87.0 Å². The maximum absolute atomic E-state index is 12.0. The largest absolute Gasteiger partial charge is 0.497 e. The molecule has 3 rings (SSSR count). The highest BCUT2D eigenvalue weighted by molar-refractivity contribution is 6.02. The lowest BCUT2D eigenvalue weighted by atomic mass is 10.2. The highest BCUT2D eigenvalue weighted by Gasteiger charge is 2.02. The number of fused-ring (bicyclic) bond motifs is 1. The molecule has 0 bridgehead atoms. The van der Waals surface area contributed by atoms with Crippen molar-refractivity contribution in [1.29, 1.82) is 0 Å². The van der Waals surface area contributed by atoms with E-state index in [4.69, 9.17) is 4.74 Å². The van der Waals surface area contributed by atoms with E-state index in [2.05, 4.69) is 15.3 Å². The fraction of sp³-hybridized carbons (Fsp3) is 0.0588. The Hall–Kier alpha value is -3.28. The normalized spacial score (nSPS) is 11.0. The smallest absolute Gasteiger partial charge is 0.323 e. The van der Waals surface area contributed by atoms with Gasteiger partial charge in [0.1, 0.15) is 5.75 Å². The van der Waals surface area contributed by atoms with Gasteiger partial charge in [-0.15, -0.1) is 0 Å². The number of rotatable bonds is 4. The van der Waals surface area contributed by atoms with Gasteiger partial charge in [-0.05, 0) is 42.0 Å². The van der Waals surface area contributed by atoms with Gasteiger partial charge >= 0.3 is 5.69 Å². The molecule has 116 valence electrons. The first-order valence-electron chi connectivity index (χ1n) is 6.99. The number of methoxy groups -OCH3 is 1. The molecular formula is C17H15N3O3. The van der Waals surface area contributed by atoms with Crippen LogP contribution in [0.5, 0.6) is 5.75 Å². The van der Waals surface area contributed by atoms with Crippen LogP contribution in [0.4, 0.5) is 5.69 Å². The van der Waals surface area contributed by atoms with Gasteiger partial charge < -0.3 is 20.0 Å². The van der Waals surface area contributed by atoms with E-state index in [1.165, 1.54) is 6.08 Å². The Morgan fingerprint density at radius 2 is 1.96 bits per heavy atom. The summed E-state index contributed by atoms with van der Waals surface area (Å²) < 4.78 is 5.13. The molecule has 1 amide bonds. The summed E-state index contributed by atoms with van der Waals surface area (Å²) in [5.41, 5.74) is 2.53. The molecule has 6 nitrogen and oxygen atoms in total. The second-order valence-electron chi connectivity index (χ2n) is 4.94. The Labute approximate surface area is 131 Å². The number of aromatic amines is 2. The lowest BCUT2D eigenvalue weighted by Crippen LogP contribution is -2.07. The minimum absolute atomic E-state index is 0.259. The number of hydrogen-bond acceptors (Lipinski definition) is 3. The van der Waals surface area contributed by atoms with Gasteiger partial charge in [0.05, 0.1) is 18.1 Å². The average molecular weight is 309 g/mol. The van der Waals surface area contributed by atoms with Gasteiger partial charge in [-0.1, -0.05) is 12.1 Å². The summed E-state index contributed by atoms with van der Waals surface area (Å²) >= 11 is 0. The maximum atomic E-state index is 12.0. The second kappa shape index (κ2) is 6.23. The fourth-order valence-corrected chi connectivity index (χ4v) is 2.21. The van der Waals surface area contributed by atoms with Crippen LogP contribution in [-0.2, 0) is 4.79 Å². The van der Waals surface area contributed by atoms with Gasteiger partial charge in [-0.25, -0.2) is 4.79 Å². The van der Waals surface area contributed by atoms with E-state index in [1.54, 1.807) is 31.4 Å². The van der Waals surface area contributed by atoms with E-state index in [9.17, 15) is 9.59 Å². The van der Waals surface area contributed by atoms with Crippen LogP contribution in [0, 0.1) is 0 Å². The van der Waals surface area contributed by atoms with Crippen LogP contribution >= 0.6 is 0 Å². The van der Waals surface area contributed by atoms with E-state index >= 15 is 0 Å². The summed E-state index contributed by atoms with van der Waals surface area (Å²) in [5.74, 6) is 0.472. The van der Waals surface area contributed by atoms with Crippen molar-refractivity contribution in [2.75, 3.05) is 12.4 Å². The van der Waals surface area contributed by atoms with Crippen LogP contribution in [0.1, 0.15) is 5.56 Å². The molecule has 1 heterocycles. The summed E-state index contributed by atoms with van der Waals surface area (Å²) in [6, 6.07) is 12.6. The van der Waals surface area contributed by atoms with Crippen LogP contribution in [0.3, 0.4) is 0 Å². The number of ether oxygens (including phenoxy) is 1. The molecule has 0 unspecified atom stereocenters. The molecule has 0 aliphatic rings. The summed E-state index contributed by atoms with van der Waals surface area (Å²) in [4.78, 5) is 28.5. The van der Waals surface area contributed by atoms with Crippen LogP contribution in [0.25, 0.3) is 17.1 Å². The zero-order valence-corrected chi connectivity index (χ0v) is 12.4. The van der Waals surface area contributed by atoms with E-state index in [0.29, 0.717) is 16.7 Å². The molecule has 0 radical (unpaired) electrons. The summed E-state index contributed by atoms with van der Waals surface area (Å²) in [5, 5.41) is 2.75. The Kier molecular flexibility index (Phi) is 3.97. The van der Waals surface area contributed by atoms with Gasteiger partial charge in [0.2, 0.25) is 5.91 Å². The number of amides is 1. The van der Waals surface area contributed by atoms with Crippen LogP contribution in [0.15, 0.2) is 53.3 Å². The molecule has 3 aromatic rings. The van der Waals surface area contributed by atoms with Gasteiger partial charge in [0.15, 0.2) is 0 Å². The van der Waals surface area contributed by atoms with Gasteiger partial charge in [-0.3, -0.25) is 4.79 Å². The molecule has 0 saturated heterocycles. The van der Waals surface area contributed by atoms with E-state index in [0.717, 1.165) is 11.3 Å². The molecular weight excluding hydrogens is 294 g/mol. The Morgan fingerprint density at radius 3 is 2.78 bits per heavy atom. The minimum Gasteiger partial charge on any atom is -0.497 e. The zero-order valence-electron chi connectivity index (χ0n) is 12.4. The second-order valence-corrected chi connectivity index (χ2v) is 4.94. The average Bonchev–Trinajstić information content (AvgIpc) is 2.92. The third-order valence-corrected chi connectivity index (χ3v) is 3.30. The number of H-pyrrole nitrogens is 2. The molecule has 0 aliphatic carbocycles. The third kappa shape index (κ3) is 3.49. The molecule has 2 aromatic carbocycles. The van der Waals surface area contributed by atoms with Crippen molar-refractivity contribution in [3.8, 4) is 5.75 Å². The van der Waals surface area contributed by atoms with Gasteiger partial charge in [0, 0.05) is 11.8 Å². The van der Waals surface area contributed by atoms with Crippen molar-refractivity contribution >= 4 is 28.7 Å². The van der Waals surface area contributed by atoms with Crippen LogP contribution in [-0.4, -0.2) is 23.0 Å². The predicted molar refractivity (Wildman–Crippen MR) is 89.6 cm³/mol. The highest BCUT2D eigenvalue weighted by Crippen LogP contribution is 2.15. The van der Waals surface area contributed by atoms with Crippen LogP contribution < -0.4 is 15.7 Å². The van der Waals surface area contributed by atoms with Crippen LogP contribution in [0.2, 0.25) is 0 Å². The van der Waals surface area contributed by atoms with Crippen molar-refractivity contribution in [3.05, 3.63) is 64.6 Å². The summed E-state index contributed by atoms with van der Waals surface area (Å²) in [6.45, 7) is 0. The number of benzene rings is 2. The lowest BCUT2D eigenvalue weighted by molar-refractivity contribution is -0.111. The predicted octanol–water partition coefficient (Wildman–Crippen LogP) is 2.52. The Bertz CT molecular complexity index is 937. The third-order valence-electron chi connectivity index (χ3n) is 3.30. The van der Waals surface area contributed by atoms with Crippen molar-refractivity contribution in [3.63, 3.8) is 0 Å². The summed E-state index contributed by atoms with van der Waals surface area (Å²) in [6.07, 6.45) is 3.15. The quantitative estimate of drug-likeness (QED) is 0.647. The Morgan fingerprint density at radius 1 is 1.13 bits per heavy atom. The number of hydrogen-bond donors (Lipinski definition) is 3. The van der Waals surface area contributed by atoms with Crippen molar-refractivity contribution in [2.24, 2.45) is 0 Å². The zero-order chi connectivity index (χ0) is 16.2. The number of anilines is 1. The number of nitrogens with one attached hydrogen (secondary N) is 3. The van der Waals surface area contributed by atoms with Crippen molar-refractivity contribution < 1.29 is 9.53 Å². The Balaban J connectivity index is 1.72. The first-order chi connectivity index (χ1) is 11.1. The molecule has 0 spiro atoms. The minimum atomic E-state index is -0.276. The molecule has 23 heavy (non-hydrogen) atoms. The molecule has 0 aliphatic heterocycles. The maximum Gasteiger partial charge on any atom is 0.323 e. The van der Waals surface area contributed by atoms with E-state index in [-0.39, 0.29) is 11.6 Å². The number of carbonyl (C=O) groups is 1. The summed E-state index contributed by atoms with van der Waals surface area (Å²) in [7, 11) is 1.59. The molecule has 0 fully saturated rings. The standard InChI is InChI=1S/C17H15N3O3/c1-23-13-4-2-3-11(9-13)5-8-16(21)18-12-6-7-14-15(10-12)20-17(22)19-14/h2-10H,1H3,(H,18,21)(H2,19,20,22)/b8-5+. The highest BCUT2D eigenvalue weighted by atomic mass is 16.5. The first kappa shape index (κ1) is 14.6. The molecule has 6 heteroatoms. The molecule has 3 N–H and O–H groups in total. The fourth-order valence-electron chi connectivity index (χ4n) is 2.21. The van der Waals surface area contributed by atoms with Crippen molar-refractivity contribution in [2.45, 2.75) is 0 Å². The van der Waals surface area contributed by atoms with Crippen molar-refractivity contribution in [1.82, 2.24) is 9.97 Å². The SMILES string of the molecule is COc1cccc(/C=C/C(=O)Nc2ccc3[nH]c(=O)[nH]c3c2)c1.